The summed E-state index contributed by atoms with van der Waals surface area (Å²) in [4.78, 5) is 15.3. The van der Waals surface area contributed by atoms with Gasteiger partial charge in [0.2, 0.25) is 0 Å². The maximum absolute atomic E-state index is 11.0. The number of aromatic carboxylic acids is 1. The second-order valence-electron chi connectivity index (χ2n) is 5.25. The average molecular weight is 248 g/mol. The summed E-state index contributed by atoms with van der Waals surface area (Å²) in [5, 5.41) is 12.3. The van der Waals surface area contributed by atoms with Crippen molar-refractivity contribution in [3.63, 3.8) is 0 Å². The van der Waals surface area contributed by atoms with Crippen LogP contribution in [0.1, 0.15) is 48.7 Å². The Balaban J connectivity index is 2.07. The van der Waals surface area contributed by atoms with Crippen LogP contribution in [-0.4, -0.2) is 22.6 Å². The fourth-order valence-corrected chi connectivity index (χ4v) is 2.49. The quantitative estimate of drug-likeness (QED) is 0.840. The topological polar surface area (TPSA) is 62.2 Å². The summed E-state index contributed by atoms with van der Waals surface area (Å²) < 4.78 is 0. The highest BCUT2D eigenvalue weighted by Gasteiger charge is 2.34. The Bertz CT molecular complexity index is 448. The van der Waals surface area contributed by atoms with Crippen molar-refractivity contribution in [2.45, 2.75) is 39.5 Å². The Labute approximate surface area is 107 Å². The number of rotatable bonds is 5. The molecule has 0 spiro atoms. The van der Waals surface area contributed by atoms with E-state index in [0.29, 0.717) is 16.8 Å². The van der Waals surface area contributed by atoms with Crippen molar-refractivity contribution in [3.8, 4) is 0 Å². The van der Waals surface area contributed by atoms with Crippen molar-refractivity contribution in [1.29, 1.82) is 0 Å². The number of hydrogen-bond acceptors (Lipinski definition) is 3. The molecular formula is C14H20N2O2. The van der Waals surface area contributed by atoms with Crippen molar-refractivity contribution in [2.24, 2.45) is 5.41 Å². The van der Waals surface area contributed by atoms with Crippen LogP contribution in [0.25, 0.3) is 0 Å². The molecule has 1 aromatic heterocycles. The number of aromatic nitrogens is 1. The number of carboxylic acids is 1. The van der Waals surface area contributed by atoms with E-state index in [9.17, 15) is 4.79 Å². The van der Waals surface area contributed by atoms with Crippen LogP contribution >= 0.6 is 0 Å². The zero-order chi connectivity index (χ0) is 13.2. The Morgan fingerprint density at radius 1 is 1.50 bits per heavy atom. The van der Waals surface area contributed by atoms with Crippen molar-refractivity contribution >= 4 is 11.8 Å². The molecule has 0 saturated heterocycles. The first kappa shape index (κ1) is 12.9. The number of aryl methyl sites for hydroxylation is 1. The van der Waals surface area contributed by atoms with E-state index in [-0.39, 0.29) is 0 Å². The zero-order valence-electron chi connectivity index (χ0n) is 11.0. The van der Waals surface area contributed by atoms with Gasteiger partial charge in [-0.25, -0.2) is 9.78 Å². The van der Waals surface area contributed by atoms with Gasteiger partial charge in [0, 0.05) is 12.2 Å². The fraction of sp³-hybridized carbons (Fsp3) is 0.571. The minimum absolute atomic E-state index is 0.296. The van der Waals surface area contributed by atoms with Gasteiger partial charge in [-0.15, -0.1) is 0 Å². The smallest absolute Gasteiger partial charge is 0.335 e. The molecule has 0 atom stereocenters. The average Bonchev–Trinajstić information content (AvgIpc) is 2.27. The van der Waals surface area contributed by atoms with E-state index >= 15 is 0 Å². The third-order valence-corrected chi connectivity index (χ3v) is 4.01. The molecule has 0 aliphatic heterocycles. The minimum Gasteiger partial charge on any atom is -0.478 e. The molecule has 1 aliphatic carbocycles. The second kappa shape index (κ2) is 4.96. The largest absolute Gasteiger partial charge is 0.478 e. The molecule has 0 amide bonds. The number of carboxylic acid groups (broad SMARTS) is 1. The molecule has 2 rings (SSSR count). The molecule has 98 valence electrons. The first-order valence-corrected chi connectivity index (χ1v) is 6.50. The van der Waals surface area contributed by atoms with Crippen molar-refractivity contribution in [1.82, 2.24) is 4.98 Å². The van der Waals surface area contributed by atoms with Gasteiger partial charge in [-0.05, 0) is 43.7 Å². The zero-order valence-corrected chi connectivity index (χ0v) is 11.0. The molecular weight excluding hydrogens is 228 g/mol. The van der Waals surface area contributed by atoms with E-state index in [2.05, 4.69) is 17.2 Å². The lowest BCUT2D eigenvalue weighted by Crippen LogP contribution is -2.36. The number of pyridine rings is 1. The number of nitrogens with zero attached hydrogens (tertiary/aromatic N) is 1. The van der Waals surface area contributed by atoms with Crippen LogP contribution in [0.3, 0.4) is 0 Å². The highest BCUT2D eigenvalue weighted by molar-refractivity contribution is 5.88. The molecule has 1 fully saturated rings. The predicted molar refractivity (Wildman–Crippen MR) is 71.0 cm³/mol. The van der Waals surface area contributed by atoms with Crippen LogP contribution in [0.5, 0.6) is 0 Å². The van der Waals surface area contributed by atoms with Crippen LogP contribution < -0.4 is 5.32 Å². The highest BCUT2D eigenvalue weighted by atomic mass is 16.4. The maximum atomic E-state index is 11.0. The first-order valence-electron chi connectivity index (χ1n) is 6.50. The molecule has 0 aromatic carbocycles. The Kier molecular flexibility index (Phi) is 3.55. The van der Waals surface area contributed by atoms with Gasteiger partial charge in [-0.1, -0.05) is 13.3 Å². The number of anilines is 1. The van der Waals surface area contributed by atoms with Gasteiger partial charge in [0.1, 0.15) is 5.82 Å². The molecule has 2 N–H and O–H groups in total. The molecule has 4 heteroatoms. The summed E-state index contributed by atoms with van der Waals surface area (Å²) in [6.07, 6.45) is 4.98. The number of nitrogens with one attached hydrogen (secondary N) is 1. The Morgan fingerprint density at radius 2 is 2.22 bits per heavy atom. The lowest BCUT2D eigenvalue weighted by atomic mass is 9.67. The standard InChI is InChI=1S/C14H20N2O2/c1-3-14(5-4-6-14)9-15-12-8-11(13(17)18)7-10(2)16-12/h7-8H,3-6,9H2,1-2H3,(H,15,16)(H,17,18). The van der Waals surface area contributed by atoms with E-state index in [4.69, 9.17) is 5.11 Å². The van der Waals surface area contributed by atoms with Crippen LogP contribution in [0.4, 0.5) is 5.82 Å². The summed E-state index contributed by atoms with van der Waals surface area (Å²) in [6.45, 7) is 4.92. The summed E-state index contributed by atoms with van der Waals surface area (Å²) in [5.41, 5.74) is 1.43. The van der Waals surface area contributed by atoms with Gasteiger partial charge in [0.05, 0.1) is 5.56 Å². The lowest BCUT2D eigenvalue weighted by Gasteiger charge is -2.41. The molecule has 4 nitrogen and oxygen atoms in total. The van der Waals surface area contributed by atoms with Crippen molar-refractivity contribution in [3.05, 3.63) is 23.4 Å². The predicted octanol–water partition coefficient (Wildman–Crippen LogP) is 3.08. The summed E-state index contributed by atoms with van der Waals surface area (Å²) in [7, 11) is 0. The second-order valence-corrected chi connectivity index (χ2v) is 5.25. The Morgan fingerprint density at radius 3 is 2.72 bits per heavy atom. The third kappa shape index (κ3) is 2.63. The van der Waals surface area contributed by atoms with E-state index in [0.717, 1.165) is 18.7 Å². The van der Waals surface area contributed by atoms with Crippen LogP contribution in [-0.2, 0) is 0 Å². The molecule has 1 heterocycles. The maximum Gasteiger partial charge on any atom is 0.335 e. The van der Waals surface area contributed by atoms with Crippen LogP contribution in [0.15, 0.2) is 12.1 Å². The van der Waals surface area contributed by atoms with Crippen LogP contribution in [0.2, 0.25) is 0 Å². The molecule has 18 heavy (non-hydrogen) atoms. The van der Waals surface area contributed by atoms with Gasteiger partial charge >= 0.3 is 5.97 Å². The van der Waals surface area contributed by atoms with E-state index in [1.54, 1.807) is 12.1 Å². The Hall–Kier alpha value is -1.58. The minimum atomic E-state index is -0.905. The molecule has 0 unspecified atom stereocenters. The van der Waals surface area contributed by atoms with Gasteiger partial charge in [0.15, 0.2) is 0 Å². The third-order valence-electron chi connectivity index (χ3n) is 4.01. The van der Waals surface area contributed by atoms with Crippen LogP contribution in [0, 0.1) is 12.3 Å². The monoisotopic (exact) mass is 248 g/mol. The summed E-state index contributed by atoms with van der Waals surface area (Å²) in [5.74, 6) is -0.232. The van der Waals surface area contributed by atoms with Gasteiger partial charge in [-0.2, -0.15) is 0 Å². The van der Waals surface area contributed by atoms with Crippen molar-refractivity contribution in [2.75, 3.05) is 11.9 Å². The summed E-state index contributed by atoms with van der Waals surface area (Å²) >= 11 is 0. The number of carbonyl (C=O) groups is 1. The molecule has 1 aromatic rings. The van der Waals surface area contributed by atoms with Crippen molar-refractivity contribution < 1.29 is 9.90 Å². The van der Waals surface area contributed by atoms with E-state index in [1.165, 1.54) is 19.3 Å². The molecule has 0 bridgehead atoms. The lowest BCUT2D eigenvalue weighted by molar-refractivity contribution is 0.0696. The van der Waals surface area contributed by atoms with Gasteiger partial charge in [-0.3, -0.25) is 0 Å². The molecule has 1 aliphatic rings. The fourth-order valence-electron chi connectivity index (χ4n) is 2.49. The highest BCUT2D eigenvalue weighted by Crippen LogP contribution is 2.43. The molecule has 1 saturated carbocycles. The number of hydrogen-bond donors (Lipinski definition) is 2. The molecule has 0 radical (unpaired) electrons. The normalized spacial score (nSPS) is 17.0. The van der Waals surface area contributed by atoms with Gasteiger partial charge in [0.25, 0.3) is 0 Å². The SMILES string of the molecule is CCC1(CNc2cc(C(=O)O)cc(C)n2)CCC1. The first-order chi connectivity index (χ1) is 8.54. The van der Waals surface area contributed by atoms with Gasteiger partial charge < -0.3 is 10.4 Å². The summed E-state index contributed by atoms with van der Waals surface area (Å²) in [6, 6.07) is 3.20. The van der Waals surface area contributed by atoms with E-state index < -0.39 is 5.97 Å². The van der Waals surface area contributed by atoms with E-state index in [1.807, 2.05) is 6.92 Å².